The van der Waals surface area contributed by atoms with Crippen LogP contribution in [0.3, 0.4) is 0 Å². The zero-order valence-electron chi connectivity index (χ0n) is 13.9. The van der Waals surface area contributed by atoms with Crippen molar-refractivity contribution in [2.45, 2.75) is 51.9 Å². The molecule has 2 unspecified atom stereocenters. The van der Waals surface area contributed by atoms with Gasteiger partial charge in [-0.1, -0.05) is 17.7 Å². The number of hydrogen-bond donors (Lipinski definition) is 1. The van der Waals surface area contributed by atoms with Crippen molar-refractivity contribution in [3.05, 3.63) is 29.3 Å². The lowest BCUT2D eigenvalue weighted by atomic mass is 10.0. The number of hydrogen-bond acceptors (Lipinski definition) is 4. The summed E-state index contributed by atoms with van der Waals surface area (Å²) in [5.41, 5.74) is 2.67. The van der Waals surface area contributed by atoms with Gasteiger partial charge in [-0.3, -0.25) is 4.90 Å². The number of aryl methyl sites for hydroxylation is 1. The molecule has 6 heteroatoms. The van der Waals surface area contributed by atoms with Gasteiger partial charge in [0, 0.05) is 0 Å². The van der Waals surface area contributed by atoms with Gasteiger partial charge in [0.15, 0.2) is 0 Å². The number of rotatable bonds is 2. The number of amides is 2. The molecule has 0 spiro atoms. The largest absolute Gasteiger partial charge is 0.444 e. The van der Waals surface area contributed by atoms with E-state index in [1.54, 1.807) is 25.7 Å². The zero-order chi connectivity index (χ0) is 16.8. The molecule has 6 nitrogen and oxygen atoms in total. The third kappa shape index (κ3) is 3.11. The molecule has 2 amide bonds. The van der Waals surface area contributed by atoms with E-state index in [0.29, 0.717) is 0 Å². The number of cyclic esters (lactones) is 1. The highest BCUT2D eigenvalue weighted by molar-refractivity contribution is 5.93. The van der Waals surface area contributed by atoms with Gasteiger partial charge in [-0.2, -0.15) is 0 Å². The van der Waals surface area contributed by atoms with Crippen molar-refractivity contribution in [1.82, 2.24) is 5.32 Å². The lowest BCUT2D eigenvalue weighted by Crippen LogP contribution is -2.42. The smallest absolute Gasteiger partial charge is 0.415 e. The molecule has 2 heterocycles. The fourth-order valence-corrected chi connectivity index (χ4v) is 3.08. The molecule has 0 aliphatic carbocycles. The highest BCUT2D eigenvalue weighted by atomic mass is 16.6. The van der Waals surface area contributed by atoms with Crippen LogP contribution < -0.4 is 10.2 Å². The summed E-state index contributed by atoms with van der Waals surface area (Å²) in [6, 6.07) is 5.96. The summed E-state index contributed by atoms with van der Waals surface area (Å²) in [7, 11) is 0. The minimum absolute atomic E-state index is 0.0748. The number of nitrogens with one attached hydrogen (secondary N) is 1. The van der Waals surface area contributed by atoms with E-state index in [9.17, 15) is 9.59 Å². The van der Waals surface area contributed by atoms with Gasteiger partial charge in [0.05, 0.1) is 18.3 Å². The van der Waals surface area contributed by atoms with Gasteiger partial charge >= 0.3 is 12.2 Å². The summed E-state index contributed by atoms with van der Waals surface area (Å²) in [5, 5.41) is 2.69. The normalized spacial score (nSPS) is 22.4. The average molecular weight is 318 g/mol. The summed E-state index contributed by atoms with van der Waals surface area (Å²) < 4.78 is 10.6. The average Bonchev–Trinajstić information content (AvgIpc) is 2.92. The Morgan fingerprint density at radius 3 is 2.87 bits per heavy atom. The highest BCUT2D eigenvalue weighted by Crippen LogP contribution is 2.38. The Kier molecular flexibility index (Phi) is 3.70. The van der Waals surface area contributed by atoms with Crippen LogP contribution in [0.2, 0.25) is 0 Å². The first kappa shape index (κ1) is 15.6. The predicted molar refractivity (Wildman–Crippen MR) is 85.7 cm³/mol. The molecule has 1 aromatic carbocycles. The first-order valence-corrected chi connectivity index (χ1v) is 7.81. The van der Waals surface area contributed by atoms with Crippen LogP contribution in [0.5, 0.6) is 0 Å². The van der Waals surface area contributed by atoms with Crippen LogP contribution >= 0.6 is 0 Å². The molecule has 0 saturated carbocycles. The molecular formula is C17H22N2O4. The van der Waals surface area contributed by atoms with E-state index in [1.165, 1.54) is 5.56 Å². The number of nitrogens with zero attached hydrogens (tertiary/aromatic N) is 1. The van der Waals surface area contributed by atoms with E-state index in [0.717, 1.165) is 17.7 Å². The van der Waals surface area contributed by atoms with Gasteiger partial charge < -0.3 is 14.8 Å². The minimum Gasteiger partial charge on any atom is -0.444 e. The van der Waals surface area contributed by atoms with Gasteiger partial charge in [0.2, 0.25) is 0 Å². The maximum absolute atomic E-state index is 12.1. The number of carbonyl (C=O) groups is 2. The van der Waals surface area contributed by atoms with Gasteiger partial charge in [-0.15, -0.1) is 0 Å². The maximum Gasteiger partial charge on any atom is 0.415 e. The van der Waals surface area contributed by atoms with Crippen LogP contribution in [-0.4, -0.2) is 36.5 Å². The Bertz CT molecular complexity index is 650. The van der Waals surface area contributed by atoms with Crippen molar-refractivity contribution in [1.29, 1.82) is 0 Å². The minimum atomic E-state index is -0.552. The third-order valence-electron chi connectivity index (χ3n) is 3.98. The van der Waals surface area contributed by atoms with Gasteiger partial charge in [0.1, 0.15) is 11.7 Å². The molecule has 1 fully saturated rings. The first-order chi connectivity index (χ1) is 10.7. The lowest BCUT2D eigenvalue weighted by Gasteiger charge is -2.21. The first-order valence-electron chi connectivity index (χ1n) is 7.81. The SMILES string of the molecule is Cc1ccc2c(c1)CC1C(CNC(=O)OC(C)(C)C)OC(=O)N21. The van der Waals surface area contributed by atoms with Crippen LogP contribution in [-0.2, 0) is 15.9 Å². The van der Waals surface area contributed by atoms with Crippen LogP contribution in [0.25, 0.3) is 0 Å². The Morgan fingerprint density at radius 2 is 2.17 bits per heavy atom. The number of carbonyl (C=O) groups excluding carboxylic acids is 2. The summed E-state index contributed by atoms with van der Waals surface area (Å²) in [6.45, 7) is 7.69. The molecule has 23 heavy (non-hydrogen) atoms. The summed E-state index contributed by atoms with van der Waals surface area (Å²) in [5.74, 6) is 0. The number of ether oxygens (including phenoxy) is 2. The molecule has 2 aliphatic heterocycles. The van der Waals surface area contributed by atoms with Crippen LogP contribution in [0.1, 0.15) is 31.9 Å². The molecule has 1 N–H and O–H groups in total. The second kappa shape index (κ2) is 5.44. The Hall–Kier alpha value is -2.24. The van der Waals surface area contributed by atoms with E-state index >= 15 is 0 Å². The summed E-state index contributed by atoms with van der Waals surface area (Å²) in [6.07, 6.45) is -0.488. The van der Waals surface area contributed by atoms with Crippen molar-refractivity contribution in [2.24, 2.45) is 0 Å². The molecule has 0 bridgehead atoms. The number of benzene rings is 1. The van der Waals surface area contributed by atoms with Crippen molar-refractivity contribution < 1.29 is 19.1 Å². The fraction of sp³-hybridized carbons (Fsp3) is 0.529. The molecule has 1 aromatic rings. The van der Waals surface area contributed by atoms with Crippen molar-refractivity contribution in [2.75, 3.05) is 11.4 Å². The summed E-state index contributed by atoms with van der Waals surface area (Å²) in [4.78, 5) is 25.6. The zero-order valence-corrected chi connectivity index (χ0v) is 13.9. The Morgan fingerprint density at radius 1 is 1.43 bits per heavy atom. The summed E-state index contributed by atoms with van der Waals surface area (Å²) >= 11 is 0. The van der Waals surface area contributed by atoms with Gasteiger partial charge in [-0.25, -0.2) is 9.59 Å². The van der Waals surface area contributed by atoms with E-state index in [1.807, 2.05) is 19.1 Å². The molecule has 0 radical (unpaired) electrons. The number of fused-ring (bicyclic) bond motifs is 3. The maximum atomic E-state index is 12.1. The fourth-order valence-electron chi connectivity index (χ4n) is 3.08. The highest BCUT2D eigenvalue weighted by Gasteiger charge is 2.47. The van der Waals surface area contributed by atoms with Gasteiger partial charge in [0.25, 0.3) is 0 Å². The monoisotopic (exact) mass is 318 g/mol. The van der Waals surface area contributed by atoms with Crippen molar-refractivity contribution >= 4 is 17.9 Å². The van der Waals surface area contributed by atoms with Crippen LogP contribution in [0.15, 0.2) is 18.2 Å². The Balaban J connectivity index is 1.66. The quantitative estimate of drug-likeness (QED) is 0.910. The topological polar surface area (TPSA) is 67.9 Å². The molecule has 2 aliphatic rings. The van der Waals surface area contributed by atoms with Gasteiger partial charge in [-0.05, 0) is 45.7 Å². The van der Waals surface area contributed by atoms with E-state index < -0.39 is 11.7 Å². The Labute approximate surface area is 135 Å². The van der Waals surface area contributed by atoms with Crippen molar-refractivity contribution in [3.8, 4) is 0 Å². The number of anilines is 1. The molecule has 1 saturated heterocycles. The molecule has 124 valence electrons. The van der Waals surface area contributed by atoms with Crippen LogP contribution in [0, 0.1) is 6.92 Å². The van der Waals surface area contributed by atoms with E-state index in [4.69, 9.17) is 9.47 Å². The second-order valence-corrected chi connectivity index (χ2v) is 7.08. The lowest BCUT2D eigenvalue weighted by molar-refractivity contribution is 0.0489. The van der Waals surface area contributed by atoms with Crippen LogP contribution in [0.4, 0.5) is 15.3 Å². The molecule has 2 atom stereocenters. The molecule has 3 rings (SSSR count). The van der Waals surface area contributed by atoms with E-state index in [2.05, 4.69) is 11.4 Å². The third-order valence-corrected chi connectivity index (χ3v) is 3.98. The predicted octanol–water partition coefficient (Wildman–Crippen LogP) is 2.77. The second-order valence-electron chi connectivity index (χ2n) is 7.08. The van der Waals surface area contributed by atoms with E-state index in [-0.39, 0.29) is 24.8 Å². The number of alkyl carbamates (subject to hydrolysis) is 1. The van der Waals surface area contributed by atoms with Crippen molar-refractivity contribution in [3.63, 3.8) is 0 Å². The molecule has 0 aromatic heterocycles. The molecular weight excluding hydrogens is 296 g/mol. The standard InChI is InChI=1S/C17H22N2O4/c1-10-5-6-12-11(7-10)8-13-14(22-16(21)19(12)13)9-18-15(20)23-17(2,3)4/h5-7,13-14H,8-9H2,1-4H3,(H,18,20).